The number of benzene rings is 1. The number of carboxylic acid groups (broad SMARTS) is 1. The number of fused-ring (bicyclic) bond motifs is 4. The van der Waals surface area contributed by atoms with Crippen LogP contribution in [0.2, 0.25) is 0 Å². The van der Waals surface area contributed by atoms with Crippen molar-refractivity contribution in [3.63, 3.8) is 0 Å². The molecule has 2 atom stereocenters. The summed E-state index contributed by atoms with van der Waals surface area (Å²) in [5.74, 6) is -1.69. The minimum Gasteiger partial charge on any atom is -0.480 e. The number of piperidine rings is 1. The first-order valence-corrected chi connectivity index (χ1v) is 12.2. The van der Waals surface area contributed by atoms with Crippen molar-refractivity contribution in [2.24, 2.45) is 5.92 Å². The molecule has 3 heterocycles. The first kappa shape index (κ1) is 23.0. The standard InChI is InChI=1S/C22H25N3O7S/c26-20(12-32-13-21(27)28)24-9-16-8-17(11-24)19-7-6-18(22(29)25(19)10-16)23-33(30,31)14-15-4-2-1-3-5-15/h1-7,16-17,23H,8-14H2,(H,27,28). The highest BCUT2D eigenvalue weighted by atomic mass is 32.2. The first-order valence-electron chi connectivity index (χ1n) is 10.6. The molecule has 0 spiro atoms. The van der Waals surface area contributed by atoms with E-state index in [2.05, 4.69) is 4.72 Å². The lowest BCUT2D eigenvalue weighted by atomic mass is 9.83. The summed E-state index contributed by atoms with van der Waals surface area (Å²) in [6.07, 6.45) is 0.818. The summed E-state index contributed by atoms with van der Waals surface area (Å²) in [6.45, 7) is 0.360. The second-order valence-corrected chi connectivity index (χ2v) is 10.1. The van der Waals surface area contributed by atoms with E-state index in [1.54, 1.807) is 45.9 Å². The zero-order valence-corrected chi connectivity index (χ0v) is 18.7. The van der Waals surface area contributed by atoms with Gasteiger partial charge in [0.2, 0.25) is 15.9 Å². The molecule has 1 amide bonds. The van der Waals surface area contributed by atoms with Crippen LogP contribution in [0.3, 0.4) is 0 Å². The third-order valence-corrected chi connectivity index (χ3v) is 7.12. The SMILES string of the molecule is O=C(O)COCC(=O)N1CC2CC(C1)c1ccc(NS(=O)(=O)Cc3ccccc3)c(=O)n1C2. The number of carbonyl (C=O) groups is 2. The van der Waals surface area contributed by atoms with Crippen LogP contribution in [-0.2, 0) is 36.6 Å². The Morgan fingerprint density at radius 1 is 1.06 bits per heavy atom. The third-order valence-electron chi connectivity index (χ3n) is 5.87. The monoisotopic (exact) mass is 475 g/mol. The molecule has 176 valence electrons. The van der Waals surface area contributed by atoms with Crippen LogP contribution in [0.15, 0.2) is 47.3 Å². The van der Waals surface area contributed by atoms with Gasteiger partial charge < -0.3 is 19.3 Å². The molecule has 2 aliphatic rings. The zero-order valence-electron chi connectivity index (χ0n) is 17.8. The number of carboxylic acids is 1. The number of nitrogens with one attached hydrogen (secondary N) is 1. The van der Waals surface area contributed by atoms with Crippen molar-refractivity contribution >= 4 is 27.6 Å². The van der Waals surface area contributed by atoms with E-state index in [4.69, 9.17) is 9.84 Å². The molecule has 33 heavy (non-hydrogen) atoms. The number of carbonyl (C=O) groups excluding carboxylic acids is 1. The van der Waals surface area contributed by atoms with Crippen LogP contribution in [0.4, 0.5) is 5.69 Å². The first-order chi connectivity index (χ1) is 15.7. The fourth-order valence-corrected chi connectivity index (χ4v) is 5.74. The van der Waals surface area contributed by atoms with E-state index in [1.165, 1.54) is 6.07 Å². The molecule has 0 radical (unpaired) electrons. The van der Waals surface area contributed by atoms with Gasteiger partial charge in [-0.2, -0.15) is 0 Å². The van der Waals surface area contributed by atoms with Gasteiger partial charge in [-0.25, -0.2) is 13.2 Å². The van der Waals surface area contributed by atoms with Gasteiger partial charge in [-0.1, -0.05) is 30.3 Å². The second kappa shape index (κ2) is 9.36. The Balaban J connectivity index is 1.48. The van der Waals surface area contributed by atoms with Gasteiger partial charge in [-0.3, -0.25) is 14.3 Å². The second-order valence-electron chi connectivity index (χ2n) is 8.42. The van der Waals surface area contributed by atoms with Crippen molar-refractivity contribution in [3.8, 4) is 0 Å². The number of likely N-dealkylation sites (tertiary alicyclic amines) is 1. The molecule has 2 N–H and O–H groups in total. The predicted octanol–water partition coefficient (Wildman–Crippen LogP) is 0.837. The summed E-state index contributed by atoms with van der Waals surface area (Å²) in [6, 6.07) is 11.9. The topological polar surface area (TPSA) is 135 Å². The lowest BCUT2D eigenvalue weighted by Gasteiger charge is -2.42. The van der Waals surface area contributed by atoms with Crippen molar-refractivity contribution in [1.29, 1.82) is 0 Å². The van der Waals surface area contributed by atoms with Crippen molar-refractivity contribution in [3.05, 3.63) is 64.1 Å². The fourth-order valence-electron chi connectivity index (χ4n) is 4.54. The number of aromatic nitrogens is 1. The molecule has 1 aromatic carbocycles. The number of hydrogen-bond acceptors (Lipinski definition) is 6. The maximum absolute atomic E-state index is 13.1. The van der Waals surface area contributed by atoms with Crippen LogP contribution >= 0.6 is 0 Å². The van der Waals surface area contributed by atoms with E-state index >= 15 is 0 Å². The molecule has 2 unspecified atom stereocenters. The molecule has 0 aliphatic carbocycles. The molecule has 1 saturated heterocycles. The number of aliphatic carboxylic acids is 1. The van der Waals surface area contributed by atoms with Gasteiger partial charge in [0.25, 0.3) is 5.56 Å². The molecule has 2 aliphatic heterocycles. The predicted molar refractivity (Wildman–Crippen MR) is 119 cm³/mol. The summed E-state index contributed by atoms with van der Waals surface area (Å²) in [7, 11) is -3.76. The molecule has 2 aromatic rings. The van der Waals surface area contributed by atoms with Crippen LogP contribution in [0.1, 0.15) is 23.6 Å². The molecule has 1 aromatic heterocycles. The number of nitrogens with zero attached hydrogens (tertiary/aromatic N) is 2. The summed E-state index contributed by atoms with van der Waals surface area (Å²) < 4.78 is 34.1. The van der Waals surface area contributed by atoms with Crippen LogP contribution in [0.25, 0.3) is 0 Å². The van der Waals surface area contributed by atoms with Crippen molar-refractivity contribution < 1.29 is 27.9 Å². The summed E-state index contributed by atoms with van der Waals surface area (Å²) in [5.41, 5.74) is 0.981. The Bertz CT molecular complexity index is 1210. The quantitative estimate of drug-likeness (QED) is 0.578. The van der Waals surface area contributed by atoms with Crippen LogP contribution < -0.4 is 10.3 Å². The fraction of sp³-hybridized carbons (Fsp3) is 0.409. The summed E-state index contributed by atoms with van der Waals surface area (Å²) in [4.78, 5) is 37.7. The maximum atomic E-state index is 13.1. The van der Waals surface area contributed by atoms with Gasteiger partial charge in [0, 0.05) is 31.2 Å². The summed E-state index contributed by atoms with van der Waals surface area (Å²) in [5, 5.41) is 8.65. The number of hydrogen-bond donors (Lipinski definition) is 2. The average molecular weight is 476 g/mol. The molecule has 0 saturated carbocycles. The van der Waals surface area contributed by atoms with E-state index in [9.17, 15) is 22.8 Å². The number of amides is 1. The lowest BCUT2D eigenvalue weighted by molar-refractivity contribution is -0.146. The van der Waals surface area contributed by atoms with Gasteiger partial charge in [-0.05, 0) is 30.0 Å². The van der Waals surface area contributed by atoms with Gasteiger partial charge in [0.05, 0.1) is 5.75 Å². The van der Waals surface area contributed by atoms with Gasteiger partial charge in [0.15, 0.2) is 0 Å². The largest absolute Gasteiger partial charge is 0.480 e. The normalized spacial score (nSPS) is 19.6. The number of pyridine rings is 1. The zero-order chi connectivity index (χ0) is 23.6. The highest BCUT2D eigenvalue weighted by molar-refractivity contribution is 7.91. The number of ether oxygens (including phenoxy) is 1. The van der Waals surface area contributed by atoms with Crippen LogP contribution in [-0.4, -0.2) is 61.2 Å². The number of anilines is 1. The molecule has 10 nitrogen and oxygen atoms in total. The molecule has 1 fully saturated rings. The smallest absolute Gasteiger partial charge is 0.329 e. The van der Waals surface area contributed by atoms with Crippen molar-refractivity contribution in [1.82, 2.24) is 9.47 Å². The average Bonchev–Trinajstić information content (AvgIpc) is 2.76. The van der Waals surface area contributed by atoms with Crippen LogP contribution in [0, 0.1) is 5.92 Å². The highest BCUT2D eigenvalue weighted by Gasteiger charge is 2.36. The van der Waals surface area contributed by atoms with Gasteiger partial charge in [-0.15, -0.1) is 0 Å². The van der Waals surface area contributed by atoms with E-state index in [1.807, 2.05) is 0 Å². The maximum Gasteiger partial charge on any atom is 0.329 e. The van der Waals surface area contributed by atoms with E-state index in [0.29, 0.717) is 25.2 Å². The molecular weight excluding hydrogens is 450 g/mol. The van der Waals surface area contributed by atoms with Gasteiger partial charge >= 0.3 is 5.97 Å². The molecule has 11 heteroatoms. The Labute approximate surface area is 190 Å². The number of rotatable bonds is 8. The highest BCUT2D eigenvalue weighted by Crippen LogP contribution is 2.35. The number of sulfonamides is 1. The Hall–Kier alpha value is -3.18. The van der Waals surface area contributed by atoms with E-state index < -0.39 is 28.2 Å². The van der Waals surface area contributed by atoms with Crippen molar-refractivity contribution in [2.45, 2.75) is 24.6 Å². The molecular formula is C22H25N3O7S. The minimum atomic E-state index is -3.76. The Morgan fingerprint density at radius 2 is 1.82 bits per heavy atom. The Kier molecular flexibility index (Phi) is 6.52. The van der Waals surface area contributed by atoms with E-state index in [0.717, 1.165) is 12.1 Å². The van der Waals surface area contributed by atoms with Gasteiger partial charge in [0.1, 0.15) is 18.9 Å². The summed E-state index contributed by atoms with van der Waals surface area (Å²) >= 11 is 0. The van der Waals surface area contributed by atoms with E-state index in [-0.39, 0.29) is 35.8 Å². The van der Waals surface area contributed by atoms with Crippen LogP contribution in [0.5, 0.6) is 0 Å². The third kappa shape index (κ3) is 5.42. The molecule has 2 bridgehead atoms. The Morgan fingerprint density at radius 3 is 2.55 bits per heavy atom. The van der Waals surface area contributed by atoms with Crippen molar-refractivity contribution in [2.75, 3.05) is 31.0 Å². The minimum absolute atomic E-state index is 0.00431. The molecule has 4 rings (SSSR count). The lowest BCUT2D eigenvalue weighted by Crippen LogP contribution is -2.50.